The number of cyclic esters (lactones) is 1. The van der Waals surface area contributed by atoms with E-state index in [1.165, 1.54) is 6.92 Å². The normalized spacial score (nSPS) is 38.8. The van der Waals surface area contributed by atoms with Crippen LogP contribution in [0.4, 0.5) is 0 Å². The first-order valence-corrected chi connectivity index (χ1v) is 20.2. The molecule has 3 saturated heterocycles. The minimum absolute atomic E-state index is 0.0173. The first kappa shape index (κ1) is 43.8. The highest BCUT2D eigenvalue weighted by atomic mass is 16.7. The van der Waals surface area contributed by atoms with Crippen LogP contribution in [0, 0.1) is 35.0 Å². The molecule has 5 rings (SSSR count). The lowest BCUT2D eigenvalue weighted by Crippen LogP contribution is -2.59. The van der Waals surface area contributed by atoms with Gasteiger partial charge in [-0.3, -0.25) is 14.6 Å². The Hall–Kier alpha value is -3.33. The Balaban J connectivity index is 1.62. The van der Waals surface area contributed by atoms with Crippen molar-refractivity contribution in [3.63, 3.8) is 0 Å². The molecule has 0 amide bonds. The van der Waals surface area contributed by atoms with E-state index in [2.05, 4.69) is 10.1 Å². The molecule has 56 heavy (non-hydrogen) atoms. The predicted molar refractivity (Wildman–Crippen MR) is 213 cm³/mol. The number of ether oxygens (including phenoxy) is 4. The van der Waals surface area contributed by atoms with Crippen LogP contribution in [0.25, 0.3) is 10.8 Å². The fourth-order valence-electron chi connectivity index (χ4n) is 9.23. The predicted octanol–water partition coefficient (Wildman–Crippen LogP) is 5.71. The third-order valence-electron chi connectivity index (χ3n) is 12.7. The topological polar surface area (TPSA) is 173 Å². The number of pyridine rings is 1. The lowest BCUT2D eigenvalue weighted by atomic mass is 9.68. The smallest absolute Gasteiger partial charge is 0.316 e. The number of Topliss-reactive ketones (excluding diaryl/α,β-unsaturated/α-hetero) is 1. The Labute approximate surface area is 331 Å². The summed E-state index contributed by atoms with van der Waals surface area (Å²) in [7, 11) is 3.78. The lowest BCUT2D eigenvalue weighted by molar-refractivity contribution is -0.296. The Kier molecular flexibility index (Phi) is 14.1. The van der Waals surface area contributed by atoms with Crippen molar-refractivity contribution in [3.8, 4) is 0 Å². The third kappa shape index (κ3) is 9.34. The summed E-state index contributed by atoms with van der Waals surface area (Å²) in [6, 6.07) is 9.58. The summed E-state index contributed by atoms with van der Waals surface area (Å²) < 4.78 is 26.0. The van der Waals surface area contributed by atoms with Gasteiger partial charge in [0.15, 0.2) is 18.7 Å². The van der Waals surface area contributed by atoms with Gasteiger partial charge in [-0.25, -0.2) is 0 Å². The average molecular weight is 781 g/mol. The average Bonchev–Trinajstić information content (AvgIpc) is 3.17. The minimum atomic E-state index is -1.56. The van der Waals surface area contributed by atoms with Crippen LogP contribution in [-0.4, -0.2) is 112 Å². The fourth-order valence-corrected chi connectivity index (χ4v) is 9.23. The Morgan fingerprint density at radius 3 is 2.48 bits per heavy atom. The van der Waals surface area contributed by atoms with Gasteiger partial charge in [0.1, 0.15) is 23.7 Å². The maximum Gasteiger partial charge on any atom is 0.316 e. The highest BCUT2D eigenvalue weighted by Gasteiger charge is 2.52. The molecule has 2 unspecified atom stereocenters. The van der Waals surface area contributed by atoms with Gasteiger partial charge < -0.3 is 44.3 Å². The van der Waals surface area contributed by atoms with Crippen molar-refractivity contribution in [1.29, 1.82) is 5.41 Å². The molecule has 2 aromatic rings. The number of benzene rings is 1. The molecule has 4 heterocycles. The quantitative estimate of drug-likeness (QED) is 0.178. The Morgan fingerprint density at radius 1 is 1.07 bits per heavy atom. The van der Waals surface area contributed by atoms with Crippen molar-refractivity contribution >= 4 is 33.9 Å². The number of nitrogens with zero attached hydrogens (tertiary/aromatic N) is 3. The van der Waals surface area contributed by atoms with Gasteiger partial charge in [0.05, 0.1) is 35.8 Å². The van der Waals surface area contributed by atoms with Gasteiger partial charge in [-0.1, -0.05) is 57.1 Å². The zero-order valence-corrected chi connectivity index (χ0v) is 34.9. The number of esters is 1. The SMILES string of the molecule is CC[C@H]1OC(=O)C(C)C(=O)[C@H](C)[C@@H](O[C@@H]2O[C@H](C)C[C@H](N(C)C)[C@H]2O)[C@@]2(C)C[C@@H](C)C(=N)[C@H](C)C(CC/C(=N\OCc3nccc4ccccc34)CO2)[C@]1(C)O. The summed E-state index contributed by atoms with van der Waals surface area (Å²) in [4.78, 5) is 40.7. The number of aliphatic hydroxyl groups excluding tert-OH is 1. The van der Waals surface area contributed by atoms with E-state index in [0.29, 0.717) is 37.1 Å². The first-order chi connectivity index (χ1) is 26.4. The van der Waals surface area contributed by atoms with Crippen LogP contribution in [-0.2, 0) is 40.0 Å². The molecule has 2 bridgehead atoms. The molecule has 3 aliphatic heterocycles. The number of nitrogens with one attached hydrogen (secondary N) is 1. The molecule has 13 atom stereocenters. The molecular weight excluding hydrogens is 716 g/mol. The number of rotatable bonds is 7. The number of oxime groups is 1. The molecule has 0 saturated carbocycles. The van der Waals surface area contributed by atoms with Crippen LogP contribution < -0.4 is 0 Å². The van der Waals surface area contributed by atoms with Crippen molar-refractivity contribution in [2.45, 2.75) is 142 Å². The van der Waals surface area contributed by atoms with Crippen molar-refractivity contribution in [3.05, 3.63) is 42.2 Å². The summed E-state index contributed by atoms with van der Waals surface area (Å²) >= 11 is 0. The number of fused-ring (bicyclic) bond motifs is 6. The Morgan fingerprint density at radius 2 is 1.79 bits per heavy atom. The second-order valence-electron chi connectivity index (χ2n) is 17.1. The zero-order valence-electron chi connectivity index (χ0n) is 34.9. The van der Waals surface area contributed by atoms with Crippen molar-refractivity contribution in [2.24, 2.45) is 34.7 Å². The molecular formula is C43H64N4O9. The third-order valence-corrected chi connectivity index (χ3v) is 12.7. The molecule has 1 aromatic carbocycles. The fraction of sp³-hybridized carbons (Fsp3) is 0.698. The summed E-state index contributed by atoms with van der Waals surface area (Å²) in [5, 5.41) is 40.1. The number of ketones is 1. The second kappa shape index (κ2) is 18.1. The highest BCUT2D eigenvalue weighted by Crippen LogP contribution is 2.42. The maximum absolute atomic E-state index is 14.4. The first-order valence-electron chi connectivity index (χ1n) is 20.2. The van der Waals surface area contributed by atoms with Gasteiger partial charge in [0.2, 0.25) is 0 Å². The number of aromatic nitrogens is 1. The molecule has 0 aliphatic carbocycles. The van der Waals surface area contributed by atoms with Crippen LogP contribution in [0.5, 0.6) is 0 Å². The van der Waals surface area contributed by atoms with E-state index >= 15 is 0 Å². The number of carbonyl (C=O) groups excluding carboxylic acids is 2. The summed E-state index contributed by atoms with van der Waals surface area (Å²) in [5.41, 5.74) is -1.18. The Bertz CT molecular complexity index is 1730. The van der Waals surface area contributed by atoms with Gasteiger partial charge in [-0.2, -0.15) is 0 Å². The standard InChI is InChI=1S/C43H64N4O9/c1-11-35-43(8,51)32-17-16-30(46-53-23-33-31-15-13-12-14-29(31)18-19-45-33)22-52-42(7,21-24(2)36(44)26(32)4)39(27(5)37(48)28(6)40(50)55-35)56-41-38(49)34(47(9)10)20-25(3)54-41/h12-15,18-19,24-28,32,34-35,38-39,41,44,49,51H,11,16-17,20-23H2,1-10H3/b44-36?,46-30+/t24-,25-,26-,27+,28?,32?,34+,35-,38-,39-,41+,42-,43+/m1/s1. The number of hydrogen-bond acceptors (Lipinski definition) is 13. The van der Waals surface area contributed by atoms with Crippen molar-refractivity contribution in [1.82, 2.24) is 9.88 Å². The molecule has 3 fully saturated rings. The lowest BCUT2D eigenvalue weighted by Gasteiger charge is -2.47. The van der Waals surface area contributed by atoms with Crippen LogP contribution >= 0.6 is 0 Å². The van der Waals surface area contributed by atoms with E-state index in [0.717, 1.165) is 16.5 Å². The molecule has 0 radical (unpaired) electrons. The largest absolute Gasteiger partial charge is 0.459 e. The number of aliphatic hydroxyl groups is 2. The molecule has 0 spiro atoms. The minimum Gasteiger partial charge on any atom is -0.459 e. The molecule has 1 aromatic heterocycles. The van der Waals surface area contributed by atoms with E-state index in [-0.39, 0.29) is 37.7 Å². The van der Waals surface area contributed by atoms with Gasteiger partial charge in [0, 0.05) is 29.3 Å². The summed E-state index contributed by atoms with van der Waals surface area (Å²) in [6.07, 6.45) is -0.873. The monoisotopic (exact) mass is 780 g/mol. The summed E-state index contributed by atoms with van der Waals surface area (Å²) in [5.74, 6) is -4.70. The molecule has 13 nitrogen and oxygen atoms in total. The van der Waals surface area contributed by atoms with Crippen molar-refractivity contribution in [2.75, 3.05) is 20.7 Å². The van der Waals surface area contributed by atoms with E-state index < -0.39 is 71.2 Å². The van der Waals surface area contributed by atoms with Crippen LogP contribution in [0.15, 0.2) is 41.7 Å². The zero-order chi connectivity index (χ0) is 41.1. The van der Waals surface area contributed by atoms with E-state index in [4.69, 9.17) is 23.8 Å². The second-order valence-corrected chi connectivity index (χ2v) is 17.1. The van der Waals surface area contributed by atoms with Crippen LogP contribution in [0.3, 0.4) is 0 Å². The van der Waals surface area contributed by atoms with Crippen molar-refractivity contribution < 1.29 is 43.6 Å². The van der Waals surface area contributed by atoms with Crippen LogP contribution in [0.2, 0.25) is 0 Å². The maximum atomic E-state index is 14.4. The molecule has 3 N–H and O–H groups in total. The van der Waals surface area contributed by atoms with Gasteiger partial charge in [-0.15, -0.1) is 0 Å². The van der Waals surface area contributed by atoms with Gasteiger partial charge >= 0.3 is 5.97 Å². The molecule has 310 valence electrons. The number of hydrogen-bond donors (Lipinski definition) is 3. The highest BCUT2D eigenvalue weighted by molar-refractivity contribution is 6.00. The van der Waals surface area contributed by atoms with E-state index in [9.17, 15) is 25.2 Å². The molecule has 13 heteroatoms. The number of likely N-dealkylation sites (N-methyl/N-ethyl adjacent to an activating group) is 1. The van der Waals surface area contributed by atoms with Gasteiger partial charge in [-0.05, 0) is 103 Å². The van der Waals surface area contributed by atoms with Crippen LogP contribution in [0.1, 0.15) is 93.2 Å². The molecule has 3 aliphatic rings. The van der Waals surface area contributed by atoms with E-state index in [1.807, 2.05) is 83.9 Å². The van der Waals surface area contributed by atoms with Gasteiger partial charge in [0.25, 0.3) is 0 Å². The van der Waals surface area contributed by atoms with E-state index in [1.54, 1.807) is 20.0 Å². The number of carbonyl (C=O) groups is 2. The summed E-state index contributed by atoms with van der Waals surface area (Å²) in [6.45, 7) is 14.4.